The summed E-state index contributed by atoms with van der Waals surface area (Å²) in [5.41, 5.74) is -0.476. The summed E-state index contributed by atoms with van der Waals surface area (Å²) in [5, 5.41) is 19.5. The van der Waals surface area contributed by atoms with E-state index in [9.17, 15) is 18.5 Å². The summed E-state index contributed by atoms with van der Waals surface area (Å²) in [6.45, 7) is 1.42. The quantitative estimate of drug-likeness (QED) is 0.569. The van der Waals surface area contributed by atoms with Crippen molar-refractivity contribution < 1.29 is 18.4 Å². The number of nitrogens with one attached hydrogen (secondary N) is 1. The standard InChI is InChI=1S/C11H15ClN2O5S2/c1-7(11(6-15)20-2)13-21(18,19)8-3-4-9(12)10(5-8)14(16)17/h3-5,7,11,13,15H,6H2,1-2H3. The minimum atomic E-state index is -3.94. The summed E-state index contributed by atoms with van der Waals surface area (Å²) in [4.78, 5) is 9.80. The molecule has 0 spiro atoms. The van der Waals surface area contributed by atoms with Crippen LogP contribution in [0, 0.1) is 10.1 Å². The Morgan fingerprint density at radius 2 is 2.14 bits per heavy atom. The van der Waals surface area contributed by atoms with E-state index >= 15 is 0 Å². The second-order valence-electron chi connectivity index (χ2n) is 4.24. The van der Waals surface area contributed by atoms with Crippen molar-refractivity contribution in [1.29, 1.82) is 0 Å². The van der Waals surface area contributed by atoms with Crippen molar-refractivity contribution in [2.75, 3.05) is 12.9 Å². The molecule has 0 saturated carbocycles. The molecule has 2 unspecified atom stereocenters. The number of thioether (sulfide) groups is 1. The fraction of sp³-hybridized carbons (Fsp3) is 0.455. The lowest BCUT2D eigenvalue weighted by Gasteiger charge is -2.21. The Bertz CT molecular complexity index is 619. The maximum absolute atomic E-state index is 12.2. The van der Waals surface area contributed by atoms with Gasteiger partial charge in [0.2, 0.25) is 10.0 Å². The number of nitro benzene ring substituents is 1. The Labute approximate surface area is 131 Å². The van der Waals surface area contributed by atoms with Crippen molar-refractivity contribution in [2.24, 2.45) is 0 Å². The predicted octanol–water partition coefficient (Wildman–Crippen LogP) is 1.64. The number of hydrogen-bond donors (Lipinski definition) is 2. The zero-order valence-electron chi connectivity index (χ0n) is 11.3. The highest BCUT2D eigenvalue weighted by Crippen LogP contribution is 2.27. The maximum atomic E-state index is 12.2. The van der Waals surface area contributed by atoms with E-state index in [1.54, 1.807) is 13.2 Å². The molecule has 0 aromatic heterocycles. The number of hydrogen-bond acceptors (Lipinski definition) is 6. The van der Waals surface area contributed by atoms with E-state index in [1.807, 2.05) is 0 Å². The van der Waals surface area contributed by atoms with Gasteiger partial charge in [-0.1, -0.05) is 11.6 Å². The molecule has 0 aliphatic heterocycles. The molecule has 21 heavy (non-hydrogen) atoms. The van der Waals surface area contributed by atoms with Crippen molar-refractivity contribution in [3.8, 4) is 0 Å². The smallest absolute Gasteiger partial charge is 0.289 e. The molecule has 0 aliphatic rings. The van der Waals surface area contributed by atoms with E-state index in [4.69, 9.17) is 16.7 Å². The summed E-state index contributed by atoms with van der Waals surface area (Å²) in [7, 11) is -3.94. The van der Waals surface area contributed by atoms with E-state index in [2.05, 4.69) is 4.72 Å². The second-order valence-corrected chi connectivity index (χ2v) is 7.44. The molecule has 2 N–H and O–H groups in total. The molecule has 2 atom stereocenters. The highest BCUT2D eigenvalue weighted by molar-refractivity contribution is 7.99. The summed E-state index contributed by atoms with van der Waals surface area (Å²) in [6.07, 6.45) is 1.75. The number of nitrogens with zero attached hydrogens (tertiary/aromatic N) is 1. The van der Waals surface area contributed by atoms with Crippen molar-refractivity contribution in [3.05, 3.63) is 33.3 Å². The normalized spacial score (nSPS) is 14.7. The molecule has 1 aromatic carbocycles. The average molecular weight is 355 g/mol. The summed E-state index contributed by atoms with van der Waals surface area (Å²) < 4.78 is 26.8. The average Bonchev–Trinajstić information content (AvgIpc) is 2.39. The number of benzene rings is 1. The predicted molar refractivity (Wildman–Crippen MR) is 82.3 cm³/mol. The van der Waals surface area contributed by atoms with Gasteiger partial charge in [-0.3, -0.25) is 10.1 Å². The highest BCUT2D eigenvalue weighted by atomic mass is 35.5. The Hall–Kier alpha value is -0.870. The van der Waals surface area contributed by atoms with Crippen LogP contribution in [0.5, 0.6) is 0 Å². The topological polar surface area (TPSA) is 110 Å². The van der Waals surface area contributed by atoms with Crippen LogP contribution in [0.1, 0.15) is 6.92 Å². The maximum Gasteiger partial charge on any atom is 0.289 e. The lowest BCUT2D eigenvalue weighted by atomic mass is 10.3. The number of sulfonamides is 1. The van der Waals surface area contributed by atoms with Crippen LogP contribution in [-0.4, -0.2) is 42.6 Å². The van der Waals surface area contributed by atoms with Crippen LogP contribution in [0.3, 0.4) is 0 Å². The molecule has 118 valence electrons. The van der Waals surface area contributed by atoms with E-state index in [1.165, 1.54) is 17.8 Å². The molecule has 0 aliphatic carbocycles. The third-order valence-electron chi connectivity index (χ3n) is 2.81. The second kappa shape index (κ2) is 7.41. The van der Waals surface area contributed by atoms with Crippen LogP contribution in [-0.2, 0) is 10.0 Å². The van der Waals surface area contributed by atoms with Crippen LogP contribution in [0.2, 0.25) is 5.02 Å². The first kappa shape index (κ1) is 18.2. The number of aliphatic hydroxyl groups excluding tert-OH is 1. The van der Waals surface area contributed by atoms with Gasteiger partial charge in [0.25, 0.3) is 5.69 Å². The van der Waals surface area contributed by atoms with Crippen LogP contribution in [0.4, 0.5) is 5.69 Å². The minimum Gasteiger partial charge on any atom is -0.395 e. The van der Waals surface area contributed by atoms with Gasteiger partial charge in [0, 0.05) is 17.4 Å². The first-order valence-corrected chi connectivity index (χ1v) is 8.97. The van der Waals surface area contributed by atoms with Gasteiger partial charge in [-0.25, -0.2) is 13.1 Å². The molecular weight excluding hydrogens is 340 g/mol. The number of rotatable bonds is 7. The van der Waals surface area contributed by atoms with Gasteiger partial charge in [-0.05, 0) is 25.3 Å². The van der Waals surface area contributed by atoms with Crippen LogP contribution < -0.4 is 4.72 Å². The first-order chi connectivity index (χ1) is 9.72. The van der Waals surface area contributed by atoms with Gasteiger partial charge in [0.05, 0.1) is 16.4 Å². The molecule has 0 amide bonds. The molecule has 1 aromatic rings. The van der Waals surface area contributed by atoms with E-state index < -0.39 is 26.7 Å². The molecular formula is C11H15ClN2O5S2. The Morgan fingerprint density at radius 1 is 1.52 bits per heavy atom. The lowest BCUT2D eigenvalue weighted by molar-refractivity contribution is -0.384. The van der Waals surface area contributed by atoms with Crippen molar-refractivity contribution in [2.45, 2.75) is 23.1 Å². The molecule has 0 radical (unpaired) electrons. The van der Waals surface area contributed by atoms with Crippen molar-refractivity contribution in [1.82, 2.24) is 4.72 Å². The van der Waals surface area contributed by atoms with Gasteiger partial charge in [-0.15, -0.1) is 0 Å². The van der Waals surface area contributed by atoms with Gasteiger partial charge in [0.1, 0.15) is 5.02 Å². The summed E-state index contributed by atoms with van der Waals surface area (Å²) in [6, 6.07) is 2.73. The van der Waals surface area contributed by atoms with Gasteiger partial charge < -0.3 is 5.11 Å². The van der Waals surface area contributed by atoms with Crippen molar-refractivity contribution >= 4 is 39.1 Å². The van der Waals surface area contributed by atoms with E-state index in [-0.39, 0.29) is 21.8 Å². The molecule has 0 heterocycles. The highest BCUT2D eigenvalue weighted by Gasteiger charge is 2.25. The number of halogens is 1. The molecule has 0 bridgehead atoms. The molecule has 7 nitrogen and oxygen atoms in total. The Balaban J connectivity index is 3.09. The minimum absolute atomic E-state index is 0.135. The van der Waals surface area contributed by atoms with E-state index in [0.717, 1.165) is 12.1 Å². The van der Waals surface area contributed by atoms with Gasteiger partial charge in [-0.2, -0.15) is 11.8 Å². The van der Waals surface area contributed by atoms with Crippen LogP contribution in [0.15, 0.2) is 23.1 Å². The summed E-state index contributed by atoms with van der Waals surface area (Å²) >= 11 is 6.97. The number of aliphatic hydroxyl groups is 1. The van der Waals surface area contributed by atoms with Crippen molar-refractivity contribution in [3.63, 3.8) is 0 Å². The monoisotopic (exact) mass is 354 g/mol. The van der Waals surface area contributed by atoms with Gasteiger partial charge >= 0.3 is 0 Å². The molecule has 10 heteroatoms. The molecule has 0 saturated heterocycles. The first-order valence-electron chi connectivity index (χ1n) is 5.83. The van der Waals surface area contributed by atoms with Crippen LogP contribution in [0.25, 0.3) is 0 Å². The SMILES string of the molecule is CSC(CO)C(C)NS(=O)(=O)c1ccc(Cl)c([N+](=O)[O-])c1. The largest absolute Gasteiger partial charge is 0.395 e. The Kier molecular flexibility index (Phi) is 6.41. The molecule has 0 fully saturated rings. The fourth-order valence-corrected chi connectivity index (χ4v) is 3.83. The van der Waals surface area contributed by atoms with Crippen LogP contribution >= 0.6 is 23.4 Å². The zero-order chi connectivity index (χ0) is 16.2. The third kappa shape index (κ3) is 4.55. The molecule has 1 rings (SSSR count). The summed E-state index contributed by atoms with van der Waals surface area (Å²) in [5.74, 6) is 0. The Morgan fingerprint density at radius 3 is 2.62 bits per heavy atom. The zero-order valence-corrected chi connectivity index (χ0v) is 13.7. The number of nitro groups is 1. The third-order valence-corrected chi connectivity index (χ3v) is 5.85. The lowest BCUT2D eigenvalue weighted by Crippen LogP contribution is -2.41. The van der Waals surface area contributed by atoms with E-state index in [0.29, 0.717) is 0 Å². The van der Waals surface area contributed by atoms with Gasteiger partial charge in [0.15, 0.2) is 0 Å². The fourth-order valence-electron chi connectivity index (χ4n) is 1.62.